The molecular weight excluding hydrogens is 439 g/mol. The molecule has 6 nitrogen and oxygen atoms in total. The van der Waals surface area contributed by atoms with Crippen LogP contribution in [0.4, 0.5) is 23.7 Å². The Morgan fingerprint density at radius 1 is 1.13 bits per heavy atom. The zero-order valence-electron chi connectivity index (χ0n) is 16.8. The van der Waals surface area contributed by atoms with Crippen LogP contribution in [0.2, 0.25) is 5.02 Å². The molecule has 2 rings (SSSR count). The Morgan fingerprint density at radius 3 is 2.45 bits per heavy atom. The number of alkyl halides is 3. The van der Waals surface area contributed by atoms with Gasteiger partial charge in [-0.05, 0) is 41.5 Å². The molecule has 0 N–H and O–H groups in total. The highest BCUT2D eigenvalue weighted by atomic mass is 35.5. The molecule has 1 amide bonds. The molecule has 10 heteroatoms. The molecule has 2 aromatic carbocycles. The predicted octanol–water partition coefficient (Wildman–Crippen LogP) is 5.29. The van der Waals surface area contributed by atoms with Gasteiger partial charge in [0.2, 0.25) is 0 Å². The Morgan fingerprint density at radius 2 is 1.84 bits per heavy atom. The van der Waals surface area contributed by atoms with Crippen molar-refractivity contribution in [1.29, 1.82) is 0 Å². The number of hydrogen-bond donors (Lipinski definition) is 0. The topological polar surface area (TPSA) is 65.1 Å². The maximum atomic E-state index is 12.9. The number of methoxy groups -OCH3 is 2. The first-order valence-electron chi connectivity index (χ1n) is 8.76. The normalized spacial score (nSPS) is 11.6. The Kier molecular flexibility index (Phi) is 7.93. The molecule has 0 spiro atoms. The summed E-state index contributed by atoms with van der Waals surface area (Å²) in [5, 5.41) is 0.322. The quantitative estimate of drug-likeness (QED) is 0.335. The molecule has 0 radical (unpaired) electrons. The van der Waals surface area contributed by atoms with E-state index in [2.05, 4.69) is 0 Å². The van der Waals surface area contributed by atoms with Crippen LogP contribution in [0.5, 0.6) is 0 Å². The molecule has 0 unspecified atom stereocenters. The average molecular weight is 458 g/mol. The zero-order valence-corrected chi connectivity index (χ0v) is 17.6. The minimum Gasteiger partial charge on any atom is -0.503 e. The maximum Gasteiger partial charge on any atom is 0.416 e. The molecule has 0 aromatic heterocycles. The highest BCUT2D eigenvalue weighted by Crippen LogP contribution is 2.31. The van der Waals surface area contributed by atoms with E-state index in [4.69, 9.17) is 25.8 Å². The van der Waals surface area contributed by atoms with Crippen molar-refractivity contribution in [1.82, 2.24) is 0 Å². The lowest BCUT2D eigenvalue weighted by atomic mass is 10.0. The van der Waals surface area contributed by atoms with E-state index in [1.165, 1.54) is 57.9 Å². The lowest BCUT2D eigenvalue weighted by molar-refractivity contribution is -0.137. The third kappa shape index (κ3) is 6.14. The van der Waals surface area contributed by atoms with Crippen molar-refractivity contribution in [2.75, 3.05) is 26.2 Å². The minimum absolute atomic E-state index is 0.000621. The number of carbonyl (C=O) groups is 2. The number of esters is 1. The third-order valence-corrected chi connectivity index (χ3v) is 4.42. The average Bonchev–Trinajstić information content (AvgIpc) is 2.74. The number of nitrogens with zero attached hydrogens (tertiary/aromatic N) is 1. The standard InChI is InChI=1S/C21H19ClF3NO5/c1-26(16-6-4-5-14(10-16)21(23,24)25)20(28)31-11-13-9-15(22)7-8-17(13)18(12-29-2)19(27)30-3/h4-10,12H,11H2,1-3H3/b18-12+. The van der Waals surface area contributed by atoms with Gasteiger partial charge in [-0.15, -0.1) is 0 Å². The summed E-state index contributed by atoms with van der Waals surface area (Å²) in [5.41, 5.74) is -0.103. The van der Waals surface area contributed by atoms with Gasteiger partial charge in [-0.3, -0.25) is 4.90 Å². The summed E-state index contributed by atoms with van der Waals surface area (Å²) in [7, 11) is 3.83. The summed E-state index contributed by atoms with van der Waals surface area (Å²) in [5.74, 6) is -0.683. The summed E-state index contributed by atoms with van der Waals surface area (Å²) < 4.78 is 53.6. The fourth-order valence-electron chi connectivity index (χ4n) is 2.63. The van der Waals surface area contributed by atoms with Gasteiger partial charge >= 0.3 is 18.2 Å². The van der Waals surface area contributed by atoms with Gasteiger partial charge in [0.1, 0.15) is 12.2 Å². The van der Waals surface area contributed by atoms with Crippen LogP contribution in [0.15, 0.2) is 48.7 Å². The van der Waals surface area contributed by atoms with Gasteiger partial charge in [-0.25, -0.2) is 9.59 Å². The van der Waals surface area contributed by atoms with Crippen LogP contribution >= 0.6 is 11.6 Å². The molecule has 0 aliphatic heterocycles. The second kappa shape index (κ2) is 10.2. The van der Waals surface area contributed by atoms with Crippen molar-refractivity contribution in [3.63, 3.8) is 0 Å². The van der Waals surface area contributed by atoms with E-state index < -0.39 is 23.8 Å². The molecular formula is C21H19ClF3NO5. The number of rotatable bonds is 6. The van der Waals surface area contributed by atoms with Crippen LogP contribution < -0.4 is 4.90 Å². The number of anilines is 1. The van der Waals surface area contributed by atoms with E-state index in [-0.39, 0.29) is 17.9 Å². The van der Waals surface area contributed by atoms with E-state index in [0.29, 0.717) is 16.1 Å². The summed E-state index contributed by atoms with van der Waals surface area (Å²) in [6.07, 6.45) is -4.27. The maximum absolute atomic E-state index is 12.9. The monoisotopic (exact) mass is 457 g/mol. The molecule has 2 aromatic rings. The van der Waals surface area contributed by atoms with E-state index in [1.807, 2.05) is 0 Å². The van der Waals surface area contributed by atoms with Crippen molar-refractivity contribution < 1.29 is 37.0 Å². The number of hydrogen-bond acceptors (Lipinski definition) is 5. The van der Waals surface area contributed by atoms with E-state index in [0.717, 1.165) is 17.0 Å². The Labute approximate surface area is 181 Å². The molecule has 0 bridgehead atoms. The van der Waals surface area contributed by atoms with Crippen molar-refractivity contribution in [2.45, 2.75) is 12.8 Å². The molecule has 31 heavy (non-hydrogen) atoms. The highest BCUT2D eigenvalue weighted by molar-refractivity contribution is 6.30. The summed E-state index contributed by atoms with van der Waals surface area (Å²) >= 11 is 6.02. The highest BCUT2D eigenvalue weighted by Gasteiger charge is 2.31. The molecule has 0 fully saturated rings. The van der Waals surface area contributed by atoms with E-state index in [9.17, 15) is 22.8 Å². The van der Waals surface area contributed by atoms with Gasteiger partial charge in [0.15, 0.2) is 0 Å². The lowest BCUT2D eigenvalue weighted by Crippen LogP contribution is -2.27. The SMILES string of the molecule is CO/C=C(/C(=O)OC)c1ccc(Cl)cc1COC(=O)N(C)c1cccc(C(F)(F)F)c1. The first-order chi connectivity index (χ1) is 14.6. The minimum atomic E-state index is -4.55. The van der Waals surface area contributed by atoms with Gasteiger partial charge in [-0.1, -0.05) is 23.7 Å². The fourth-order valence-corrected chi connectivity index (χ4v) is 2.82. The number of ether oxygens (including phenoxy) is 3. The van der Waals surface area contributed by atoms with Crippen LogP contribution in [0, 0.1) is 0 Å². The molecule has 0 atom stereocenters. The molecule has 0 saturated carbocycles. The number of carbonyl (C=O) groups excluding carboxylic acids is 2. The van der Waals surface area contributed by atoms with Gasteiger partial charge in [0.25, 0.3) is 0 Å². The third-order valence-electron chi connectivity index (χ3n) is 4.18. The van der Waals surface area contributed by atoms with Gasteiger partial charge < -0.3 is 14.2 Å². The zero-order chi connectivity index (χ0) is 23.2. The smallest absolute Gasteiger partial charge is 0.416 e. The predicted molar refractivity (Wildman–Crippen MR) is 108 cm³/mol. The van der Waals surface area contributed by atoms with Gasteiger partial charge in [0.05, 0.1) is 26.0 Å². The van der Waals surface area contributed by atoms with Crippen molar-refractivity contribution in [2.24, 2.45) is 0 Å². The molecule has 0 saturated heterocycles. The molecule has 0 heterocycles. The lowest BCUT2D eigenvalue weighted by Gasteiger charge is -2.19. The Hall–Kier alpha value is -3.20. The first kappa shape index (κ1) is 24.1. The summed E-state index contributed by atoms with van der Waals surface area (Å²) in [6.45, 7) is -0.309. The van der Waals surface area contributed by atoms with Crippen molar-refractivity contribution in [3.05, 3.63) is 70.4 Å². The fraction of sp³-hybridized carbons (Fsp3) is 0.238. The second-order valence-corrected chi connectivity index (χ2v) is 6.66. The van der Waals surface area contributed by atoms with Crippen LogP contribution in [0.1, 0.15) is 16.7 Å². The molecule has 0 aliphatic rings. The van der Waals surface area contributed by atoms with Crippen molar-refractivity contribution >= 4 is 34.9 Å². The second-order valence-electron chi connectivity index (χ2n) is 6.22. The molecule has 0 aliphatic carbocycles. The van der Waals surface area contributed by atoms with E-state index in [1.54, 1.807) is 0 Å². The summed E-state index contributed by atoms with van der Waals surface area (Å²) in [4.78, 5) is 25.4. The largest absolute Gasteiger partial charge is 0.503 e. The van der Waals surface area contributed by atoms with Gasteiger partial charge in [-0.2, -0.15) is 13.2 Å². The van der Waals surface area contributed by atoms with Crippen LogP contribution in [-0.4, -0.2) is 33.3 Å². The Balaban J connectivity index is 2.25. The van der Waals surface area contributed by atoms with E-state index >= 15 is 0 Å². The summed E-state index contributed by atoms with van der Waals surface area (Å²) in [6, 6.07) is 8.82. The number of benzene rings is 2. The van der Waals surface area contributed by atoms with Crippen LogP contribution in [-0.2, 0) is 31.8 Å². The number of halogens is 4. The van der Waals surface area contributed by atoms with Crippen LogP contribution in [0.3, 0.4) is 0 Å². The first-order valence-corrected chi connectivity index (χ1v) is 9.14. The van der Waals surface area contributed by atoms with Crippen LogP contribution in [0.25, 0.3) is 5.57 Å². The molecule has 166 valence electrons. The van der Waals surface area contributed by atoms with Crippen molar-refractivity contribution in [3.8, 4) is 0 Å². The van der Waals surface area contributed by atoms with Gasteiger partial charge in [0, 0.05) is 17.8 Å². The number of amides is 1. The Bertz CT molecular complexity index is 991.